The highest BCUT2D eigenvalue weighted by atomic mass is 32.1. The molecule has 1 N–H and O–H groups in total. The van der Waals surface area contributed by atoms with Crippen LogP contribution in [0.25, 0.3) is 0 Å². The fraction of sp³-hybridized carbons (Fsp3) is 0.400. The smallest absolute Gasteiger partial charge is 0.220 e. The van der Waals surface area contributed by atoms with Crippen LogP contribution in [0, 0.1) is 13.8 Å². The van der Waals surface area contributed by atoms with Crippen molar-refractivity contribution >= 4 is 23.0 Å². The highest BCUT2D eigenvalue weighted by molar-refractivity contribution is 7.10. The first-order chi connectivity index (χ1) is 11.9. The van der Waals surface area contributed by atoms with Gasteiger partial charge in [0.1, 0.15) is 0 Å². The number of amides is 1. The number of hydrogen-bond acceptors (Lipinski definition) is 4. The number of likely N-dealkylation sites (N-methyl/N-ethyl adjacent to an activating group) is 1. The molecule has 0 radical (unpaired) electrons. The minimum absolute atomic E-state index is 0.0266. The SMILES string of the molecule is Cc1ccc(C)c(C(=O)CCC(=O)NCC(c2cccs2)N(C)C)c1. The molecule has 0 aliphatic carbocycles. The second-order valence-electron chi connectivity index (χ2n) is 6.54. The van der Waals surface area contributed by atoms with E-state index in [1.54, 1.807) is 11.3 Å². The molecule has 1 unspecified atom stereocenters. The summed E-state index contributed by atoms with van der Waals surface area (Å²) in [5, 5.41) is 5.00. The van der Waals surface area contributed by atoms with Gasteiger partial charge >= 0.3 is 0 Å². The van der Waals surface area contributed by atoms with Gasteiger partial charge in [-0.05, 0) is 51.0 Å². The first kappa shape index (κ1) is 19.3. The summed E-state index contributed by atoms with van der Waals surface area (Å²) >= 11 is 1.68. The Morgan fingerprint density at radius 3 is 2.56 bits per heavy atom. The molecule has 1 atom stereocenters. The fourth-order valence-electron chi connectivity index (χ4n) is 2.72. The summed E-state index contributed by atoms with van der Waals surface area (Å²) in [5.41, 5.74) is 2.74. The van der Waals surface area contributed by atoms with Crippen LogP contribution >= 0.6 is 11.3 Å². The number of nitrogens with one attached hydrogen (secondary N) is 1. The van der Waals surface area contributed by atoms with Crippen molar-refractivity contribution < 1.29 is 9.59 Å². The number of thiophene rings is 1. The van der Waals surface area contributed by atoms with Crippen LogP contribution in [0.3, 0.4) is 0 Å². The average Bonchev–Trinajstić information content (AvgIpc) is 3.09. The molecule has 1 aromatic carbocycles. The van der Waals surface area contributed by atoms with Gasteiger partial charge < -0.3 is 10.2 Å². The number of Topliss-reactive ketones (excluding diaryl/α,β-unsaturated/α-hetero) is 1. The van der Waals surface area contributed by atoms with E-state index in [0.29, 0.717) is 6.54 Å². The molecule has 2 aromatic rings. The van der Waals surface area contributed by atoms with E-state index in [-0.39, 0.29) is 30.6 Å². The quantitative estimate of drug-likeness (QED) is 0.731. The van der Waals surface area contributed by atoms with Gasteiger partial charge in [0.05, 0.1) is 6.04 Å². The summed E-state index contributed by atoms with van der Waals surface area (Å²) < 4.78 is 0. The largest absolute Gasteiger partial charge is 0.354 e. The lowest BCUT2D eigenvalue weighted by Crippen LogP contribution is -2.34. The molecule has 0 aliphatic heterocycles. The van der Waals surface area contributed by atoms with Crippen molar-refractivity contribution in [1.82, 2.24) is 10.2 Å². The van der Waals surface area contributed by atoms with Crippen LogP contribution in [-0.2, 0) is 4.79 Å². The van der Waals surface area contributed by atoms with Gasteiger partial charge in [-0.1, -0.05) is 23.8 Å². The maximum Gasteiger partial charge on any atom is 0.220 e. The van der Waals surface area contributed by atoms with E-state index < -0.39 is 0 Å². The minimum atomic E-state index is -0.0814. The Labute approximate surface area is 153 Å². The van der Waals surface area contributed by atoms with Crippen LogP contribution in [0.5, 0.6) is 0 Å². The van der Waals surface area contributed by atoms with Gasteiger partial charge in [0.25, 0.3) is 0 Å². The molecular weight excluding hydrogens is 332 g/mol. The summed E-state index contributed by atoms with van der Waals surface area (Å²) in [6.45, 7) is 4.44. The van der Waals surface area contributed by atoms with Gasteiger partial charge in [0.2, 0.25) is 5.91 Å². The fourth-order valence-corrected chi connectivity index (χ4v) is 3.64. The third-order valence-electron chi connectivity index (χ3n) is 4.26. The molecule has 5 heteroatoms. The predicted molar refractivity (Wildman–Crippen MR) is 103 cm³/mol. The first-order valence-electron chi connectivity index (χ1n) is 8.45. The molecule has 0 bridgehead atoms. The molecule has 0 saturated carbocycles. The Morgan fingerprint density at radius 1 is 1.16 bits per heavy atom. The maximum atomic E-state index is 12.4. The van der Waals surface area contributed by atoms with Crippen molar-refractivity contribution in [3.05, 3.63) is 57.3 Å². The number of carbonyl (C=O) groups is 2. The number of nitrogens with zero attached hydrogens (tertiary/aromatic N) is 1. The number of rotatable bonds is 8. The van der Waals surface area contributed by atoms with Crippen LogP contribution in [-0.4, -0.2) is 37.2 Å². The van der Waals surface area contributed by atoms with Crippen molar-refractivity contribution in [2.24, 2.45) is 0 Å². The summed E-state index contributed by atoms with van der Waals surface area (Å²) in [7, 11) is 4.00. The zero-order valence-electron chi connectivity index (χ0n) is 15.3. The first-order valence-corrected chi connectivity index (χ1v) is 9.33. The van der Waals surface area contributed by atoms with Gasteiger partial charge in [-0.2, -0.15) is 0 Å². The van der Waals surface area contributed by atoms with E-state index in [9.17, 15) is 9.59 Å². The Morgan fingerprint density at radius 2 is 1.92 bits per heavy atom. The van der Waals surface area contributed by atoms with E-state index in [2.05, 4.69) is 16.3 Å². The molecule has 4 nitrogen and oxygen atoms in total. The lowest BCUT2D eigenvalue weighted by Gasteiger charge is -2.23. The van der Waals surface area contributed by atoms with Crippen LogP contribution in [0.1, 0.15) is 45.2 Å². The monoisotopic (exact) mass is 358 g/mol. The van der Waals surface area contributed by atoms with Gasteiger partial charge in [0.15, 0.2) is 5.78 Å². The van der Waals surface area contributed by atoms with Gasteiger partial charge in [-0.15, -0.1) is 11.3 Å². The van der Waals surface area contributed by atoms with Gasteiger partial charge in [0, 0.05) is 29.8 Å². The van der Waals surface area contributed by atoms with Crippen LogP contribution in [0.2, 0.25) is 0 Å². The Bertz CT molecular complexity index is 723. The molecule has 0 fully saturated rings. The third kappa shape index (κ3) is 5.51. The number of carbonyl (C=O) groups excluding carboxylic acids is 2. The third-order valence-corrected chi connectivity index (χ3v) is 5.23. The van der Waals surface area contributed by atoms with Crippen molar-refractivity contribution in [2.75, 3.05) is 20.6 Å². The van der Waals surface area contributed by atoms with Crippen molar-refractivity contribution in [2.45, 2.75) is 32.7 Å². The Hall–Kier alpha value is -1.98. The number of benzene rings is 1. The van der Waals surface area contributed by atoms with E-state index in [1.165, 1.54) is 4.88 Å². The number of aryl methyl sites for hydroxylation is 2. The molecule has 1 heterocycles. The summed E-state index contributed by atoms with van der Waals surface area (Å²) in [6.07, 6.45) is 0.457. The van der Waals surface area contributed by atoms with Gasteiger partial charge in [-0.3, -0.25) is 9.59 Å². The van der Waals surface area contributed by atoms with Gasteiger partial charge in [-0.25, -0.2) is 0 Å². The predicted octanol–water partition coefficient (Wildman–Crippen LogP) is 3.75. The summed E-state index contributed by atoms with van der Waals surface area (Å²) in [6, 6.07) is 10.1. The number of ketones is 1. The zero-order chi connectivity index (χ0) is 18.4. The molecule has 0 spiro atoms. The molecule has 0 aliphatic rings. The zero-order valence-corrected chi connectivity index (χ0v) is 16.2. The molecule has 134 valence electrons. The minimum Gasteiger partial charge on any atom is -0.354 e. The second-order valence-corrected chi connectivity index (χ2v) is 7.52. The molecule has 0 saturated heterocycles. The topological polar surface area (TPSA) is 49.4 Å². The highest BCUT2D eigenvalue weighted by Gasteiger charge is 2.17. The van der Waals surface area contributed by atoms with Crippen molar-refractivity contribution in [3.63, 3.8) is 0 Å². The number of hydrogen-bond donors (Lipinski definition) is 1. The Balaban J connectivity index is 1.86. The van der Waals surface area contributed by atoms with E-state index in [0.717, 1.165) is 16.7 Å². The molecule has 1 aromatic heterocycles. The van der Waals surface area contributed by atoms with Crippen LogP contribution < -0.4 is 5.32 Å². The standard InChI is InChI=1S/C20H26N2O2S/c1-14-7-8-15(2)16(12-14)18(23)9-10-20(24)21-13-17(22(3)4)19-6-5-11-25-19/h5-8,11-12,17H,9-10,13H2,1-4H3,(H,21,24). The van der Waals surface area contributed by atoms with E-state index in [4.69, 9.17) is 0 Å². The average molecular weight is 359 g/mol. The van der Waals surface area contributed by atoms with Crippen LogP contribution in [0.4, 0.5) is 0 Å². The molecule has 1 amide bonds. The molecule has 25 heavy (non-hydrogen) atoms. The van der Waals surface area contributed by atoms with E-state index >= 15 is 0 Å². The lowest BCUT2D eigenvalue weighted by atomic mass is 9.99. The Kier molecular flexibility index (Phi) is 6.91. The summed E-state index contributed by atoms with van der Waals surface area (Å²) in [5.74, 6) is -0.0548. The molecule has 2 rings (SSSR count). The van der Waals surface area contributed by atoms with Crippen molar-refractivity contribution in [1.29, 1.82) is 0 Å². The maximum absolute atomic E-state index is 12.4. The summed E-state index contributed by atoms with van der Waals surface area (Å²) in [4.78, 5) is 27.8. The molecular formula is C20H26N2O2S. The van der Waals surface area contributed by atoms with E-state index in [1.807, 2.05) is 57.6 Å². The second kappa shape index (κ2) is 8.92. The van der Waals surface area contributed by atoms with Crippen molar-refractivity contribution in [3.8, 4) is 0 Å². The highest BCUT2D eigenvalue weighted by Crippen LogP contribution is 2.22. The lowest BCUT2D eigenvalue weighted by molar-refractivity contribution is -0.121. The normalized spacial score (nSPS) is 12.2. The van der Waals surface area contributed by atoms with Crippen LogP contribution in [0.15, 0.2) is 35.7 Å².